The van der Waals surface area contributed by atoms with Crippen LogP contribution in [0, 0.1) is 25.7 Å². The Bertz CT molecular complexity index is 2420. The van der Waals surface area contributed by atoms with Crippen molar-refractivity contribution in [3.63, 3.8) is 0 Å². The SMILES string of the molecule is Cc1cc(-n2c3[c-]c(Oc4[c-]c(N5[CH-]N(C)c6ccccc65)ccn4)ccc3c3ccccc32)ncc1-c1cc(C(C)(C)C)cc(C(C)(C)C)c1.[Pt]. The Morgan fingerprint density at radius 2 is 1.42 bits per heavy atom. The molecule has 0 aliphatic carbocycles. The molecule has 0 saturated carbocycles. The molecule has 0 radical (unpaired) electrons. The molecule has 0 saturated heterocycles. The quantitative estimate of drug-likeness (QED) is 0.161. The van der Waals surface area contributed by atoms with Crippen LogP contribution in [-0.4, -0.2) is 21.6 Å². The molecule has 4 heterocycles. The van der Waals surface area contributed by atoms with Gasteiger partial charge in [-0.25, -0.2) is 4.98 Å². The summed E-state index contributed by atoms with van der Waals surface area (Å²) in [5.74, 6) is 1.76. The molecule has 0 unspecified atom stereocenters. The van der Waals surface area contributed by atoms with Crippen LogP contribution in [0.25, 0.3) is 38.8 Å². The van der Waals surface area contributed by atoms with Crippen LogP contribution in [0.15, 0.2) is 103 Å². The maximum Gasteiger partial charge on any atom is 0.135 e. The van der Waals surface area contributed by atoms with Gasteiger partial charge in [-0.15, -0.1) is 17.5 Å². The van der Waals surface area contributed by atoms with Crippen LogP contribution in [-0.2, 0) is 31.9 Å². The fourth-order valence-corrected chi connectivity index (χ4v) is 6.90. The monoisotopic (exact) mass is 863 g/mol. The van der Waals surface area contributed by atoms with E-state index in [1.165, 1.54) is 16.7 Å². The predicted molar refractivity (Wildman–Crippen MR) is 209 cm³/mol. The predicted octanol–water partition coefficient (Wildman–Crippen LogP) is 11.2. The van der Waals surface area contributed by atoms with Crippen LogP contribution in [0.2, 0.25) is 0 Å². The molecule has 6 nitrogen and oxygen atoms in total. The summed E-state index contributed by atoms with van der Waals surface area (Å²) in [4.78, 5) is 13.8. The zero-order valence-corrected chi connectivity index (χ0v) is 33.1. The second-order valence-electron chi connectivity index (χ2n) is 15.5. The summed E-state index contributed by atoms with van der Waals surface area (Å²) < 4.78 is 8.54. The molecule has 52 heavy (non-hydrogen) atoms. The average molecular weight is 864 g/mol. The molecular formula is C45H42N5OPt-3. The maximum atomic E-state index is 6.36. The van der Waals surface area contributed by atoms with E-state index in [0.717, 1.165) is 55.8 Å². The van der Waals surface area contributed by atoms with Gasteiger partial charge in [-0.1, -0.05) is 95.6 Å². The summed E-state index contributed by atoms with van der Waals surface area (Å²) in [5.41, 5.74) is 11.2. The zero-order chi connectivity index (χ0) is 35.7. The van der Waals surface area contributed by atoms with Crippen molar-refractivity contribution >= 4 is 38.9 Å². The number of ether oxygens (including phenoxy) is 1. The summed E-state index contributed by atoms with van der Waals surface area (Å²) in [6.07, 6.45) is 3.77. The minimum absolute atomic E-state index is 0. The number of fused-ring (bicyclic) bond motifs is 4. The van der Waals surface area contributed by atoms with Crippen LogP contribution >= 0.6 is 0 Å². The van der Waals surface area contributed by atoms with E-state index in [1.54, 1.807) is 6.20 Å². The Kier molecular flexibility index (Phi) is 9.03. The van der Waals surface area contributed by atoms with Crippen molar-refractivity contribution in [3.8, 4) is 28.6 Å². The Morgan fingerprint density at radius 3 is 2.13 bits per heavy atom. The number of hydrogen-bond acceptors (Lipinski definition) is 5. The van der Waals surface area contributed by atoms with E-state index < -0.39 is 0 Å². The van der Waals surface area contributed by atoms with Gasteiger partial charge in [-0.3, -0.25) is 4.98 Å². The largest absolute Gasteiger partial charge is 0.504 e. The van der Waals surface area contributed by atoms with Gasteiger partial charge >= 0.3 is 0 Å². The van der Waals surface area contributed by atoms with Gasteiger partial charge < -0.3 is 19.1 Å². The molecule has 0 fully saturated rings. The molecule has 8 rings (SSSR count). The first-order valence-corrected chi connectivity index (χ1v) is 17.5. The minimum atomic E-state index is 0. The average Bonchev–Trinajstić information content (AvgIpc) is 3.61. The van der Waals surface area contributed by atoms with E-state index in [2.05, 4.69) is 147 Å². The first kappa shape index (κ1) is 35.5. The number of aryl methyl sites for hydroxylation is 1. The van der Waals surface area contributed by atoms with Crippen molar-refractivity contribution < 1.29 is 25.8 Å². The van der Waals surface area contributed by atoms with Crippen LogP contribution in [0.5, 0.6) is 11.6 Å². The molecule has 4 aromatic carbocycles. The van der Waals surface area contributed by atoms with Crippen LogP contribution in [0.4, 0.5) is 17.1 Å². The number of aromatic nitrogens is 3. The Morgan fingerprint density at radius 1 is 0.731 bits per heavy atom. The molecule has 0 bridgehead atoms. The molecule has 0 atom stereocenters. The van der Waals surface area contributed by atoms with Crippen molar-refractivity contribution in [2.24, 2.45) is 0 Å². The Balaban J connectivity index is 0.00000420. The van der Waals surface area contributed by atoms with Gasteiger partial charge in [0.2, 0.25) is 0 Å². The number of para-hydroxylation sites is 3. The smallest absolute Gasteiger partial charge is 0.135 e. The molecule has 0 N–H and O–H groups in total. The van der Waals surface area contributed by atoms with Gasteiger partial charge in [0.25, 0.3) is 0 Å². The normalized spacial score (nSPS) is 13.1. The molecule has 3 aromatic heterocycles. The molecule has 0 spiro atoms. The van der Waals surface area contributed by atoms with Crippen molar-refractivity contribution in [3.05, 3.63) is 139 Å². The van der Waals surface area contributed by atoms with Crippen molar-refractivity contribution in [2.45, 2.75) is 59.3 Å². The van der Waals surface area contributed by atoms with Crippen molar-refractivity contribution in [1.29, 1.82) is 0 Å². The Labute approximate surface area is 321 Å². The molecule has 7 aromatic rings. The van der Waals surface area contributed by atoms with E-state index >= 15 is 0 Å². The molecule has 7 heteroatoms. The third-order valence-electron chi connectivity index (χ3n) is 9.79. The topological polar surface area (TPSA) is 46.4 Å². The molecule has 1 aliphatic rings. The molecular weight excluding hydrogens is 822 g/mol. The summed E-state index contributed by atoms with van der Waals surface area (Å²) in [5, 5.41) is 2.21. The maximum absolute atomic E-state index is 6.36. The number of anilines is 3. The van der Waals surface area contributed by atoms with Gasteiger partial charge in [0.1, 0.15) is 11.7 Å². The Hall–Kier alpha value is -4.93. The minimum Gasteiger partial charge on any atom is -0.504 e. The fraction of sp³-hybridized carbons (Fsp3) is 0.222. The van der Waals surface area contributed by atoms with Crippen LogP contribution in [0.3, 0.4) is 0 Å². The summed E-state index contributed by atoms with van der Waals surface area (Å²) in [6, 6.07) is 38.8. The third kappa shape index (κ3) is 6.39. The first-order chi connectivity index (χ1) is 24.3. The van der Waals surface area contributed by atoms with Crippen molar-refractivity contribution in [2.75, 3.05) is 16.8 Å². The molecule has 0 amide bonds. The first-order valence-electron chi connectivity index (χ1n) is 17.5. The van der Waals surface area contributed by atoms with Crippen molar-refractivity contribution in [1.82, 2.24) is 14.5 Å². The summed E-state index contributed by atoms with van der Waals surface area (Å²) in [7, 11) is 2.04. The third-order valence-corrected chi connectivity index (χ3v) is 9.79. The van der Waals surface area contributed by atoms with E-state index in [0.29, 0.717) is 11.6 Å². The standard InChI is InChI=1S/C45H42N5O.Pt/c1-29-21-42(47-27-37(29)30-22-31(44(2,3)4)24-32(23-30)45(5,6)7)50-38-14-10-9-13-35(38)36-18-17-34(26-41(36)50)51-43-25-33(19-20-46-43)49-28-48(8)39-15-11-12-16-40(39)49;/h9-24,27-28H,1-8H3;/q-3;. The number of rotatable bonds is 5. The van der Waals surface area contributed by atoms with E-state index in [4.69, 9.17) is 9.72 Å². The summed E-state index contributed by atoms with van der Waals surface area (Å²) >= 11 is 0. The summed E-state index contributed by atoms with van der Waals surface area (Å²) in [6.45, 7) is 17.9. The van der Waals surface area contributed by atoms with Crippen LogP contribution < -0.4 is 14.5 Å². The fourth-order valence-electron chi connectivity index (χ4n) is 6.90. The number of hydrogen-bond donors (Lipinski definition) is 0. The number of nitrogens with zero attached hydrogens (tertiary/aromatic N) is 5. The van der Waals surface area contributed by atoms with Gasteiger partial charge in [-0.2, -0.15) is 30.6 Å². The van der Waals surface area contributed by atoms with Gasteiger partial charge in [-0.05, 0) is 82.9 Å². The van der Waals surface area contributed by atoms with E-state index in [9.17, 15) is 0 Å². The van der Waals surface area contributed by atoms with E-state index in [-0.39, 0.29) is 31.9 Å². The zero-order valence-electron chi connectivity index (χ0n) is 30.9. The second-order valence-corrected chi connectivity index (χ2v) is 15.5. The number of pyridine rings is 2. The van der Waals surface area contributed by atoms with Gasteiger partial charge in [0.05, 0.1) is 0 Å². The second kappa shape index (κ2) is 13.2. The van der Waals surface area contributed by atoms with Gasteiger partial charge in [0, 0.05) is 55.5 Å². The molecule has 1 aliphatic heterocycles. The van der Waals surface area contributed by atoms with Gasteiger partial charge in [0.15, 0.2) is 0 Å². The van der Waals surface area contributed by atoms with Crippen LogP contribution in [0.1, 0.15) is 58.2 Å². The number of benzene rings is 4. The van der Waals surface area contributed by atoms with E-state index in [1.807, 2.05) is 44.2 Å². The molecule has 266 valence electrons.